The van der Waals surface area contributed by atoms with Crippen LogP contribution >= 0.6 is 0 Å². The SMILES string of the molecule is CC(C)(C)OC(=O)NC[C@H]1CC[C@H](C(=O)ON2CCCC2=O)CC1. The average Bonchev–Trinajstić information content (AvgIpc) is 2.89. The Labute approximate surface area is 143 Å². The van der Waals surface area contributed by atoms with Crippen molar-refractivity contribution in [2.45, 2.75) is 64.9 Å². The molecular weight excluding hydrogens is 312 g/mol. The molecule has 1 saturated carbocycles. The Kier molecular flexibility index (Phi) is 6.07. The fourth-order valence-corrected chi connectivity index (χ4v) is 3.05. The van der Waals surface area contributed by atoms with Gasteiger partial charge in [0.2, 0.25) is 0 Å². The Bertz CT molecular complexity index is 478. The zero-order valence-corrected chi connectivity index (χ0v) is 14.8. The lowest BCUT2D eigenvalue weighted by Gasteiger charge is -2.28. The Hall–Kier alpha value is -1.79. The second kappa shape index (κ2) is 7.85. The highest BCUT2D eigenvalue weighted by atomic mass is 16.7. The summed E-state index contributed by atoms with van der Waals surface area (Å²) >= 11 is 0. The molecule has 0 atom stereocenters. The lowest BCUT2D eigenvalue weighted by Crippen LogP contribution is -2.37. The van der Waals surface area contributed by atoms with E-state index in [1.165, 1.54) is 5.06 Å². The second-order valence-electron chi connectivity index (χ2n) is 7.61. The number of nitrogens with zero attached hydrogens (tertiary/aromatic N) is 1. The number of hydrogen-bond donors (Lipinski definition) is 1. The highest BCUT2D eigenvalue weighted by Crippen LogP contribution is 2.30. The van der Waals surface area contributed by atoms with Crippen LogP contribution < -0.4 is 5.32 Å². The van der Waals surface area contributed by atoms with E-state index in [1.807, 2.05) is 20.8 Å². The van der Waals surface area contributed by atoms with E-state index in [4.69, 9.17) is 9.57 Å². The first kappa shape index (κ1) is 18.5. The predicted octanol–water partition coefficient (Wildman–Crippen LogP) is 2.40. The molecule has 2 aliphatic rings. The first-order chi connectivity index (χ1) is 11.2. The van der Waals surface area contributed by atoms with Crippen molar-refractivity contribution in [3.8, 4) is 0 Å². The molecule has 0 aromatic carbocycles. The topological polar surface area (TPSA) is 84.9 Å². The number of hydrogen-bond acceptors (Lipinski definition) is 5. The van der Waals surface area contributed by atoms with Gasteiger partial charge in [0.15, 0.2) is 0 Å². The molecule has 0 bridgehead atoms. The Morgan fingerprint density at radius 2 is 1.88 bits per heavy atom. The molecule has 2 amide bonds. The van der Waals surface area contributed by atoms with Crippen molar-refractivity contribution in [2.75, 3.05) is 13.1 Å². The Morgan fingerprint density at radius 3 is 2.42 bits per heavy atom. The summed E-state index contributed by atoms with van der Waals surface area (Å²) in [5, 5.41) is 3.98. The fraction of sp³-hybridized carbons (Fsp3) is 0.824. The van der Waals surface area contributed by atoms with Crippen LogP contribution in [0.3, 0.4) is 0 Å². The van der Waals surface area contributed by atoms with Crippen LogP contribution in [0.15, 0.2) is 0 Å². The van der Waals surface area contributed by atoms with E-state index in [-0.39, 0.29) is 17.8 Å². The predicted molar refractivity (Wildman–Crippen MR) is 86.7 cm³/mol. The van der Waals surface area contributed by atoms with Crippen molar-refractivity contribution in [3.63, 3.8) is 0 Å². The molecule has 7 heteroatoms. The molecule has 136 valence electrons. The van der Waals surface area contributed by atoms with Gasteiger partial charge in [-0.05, 0) is 58.8 Å². The number of carbonyl (C=O) groups is 3. The summed E-state index contributed by atoms with van der Waals surface area (Å²) in [5.41, 5.74) is -0.501. The van der Waals surface area contributed by atoms with E-state index in [2.05, 4.69) is 5.32 Å². The third kappa shape index (κ3) is 5.69. The number of rotatable bonds is 4. The van der Waals surface area contributed by atoms with Crippen LogP contribution in [0.4, 0.5) is 4.79 Å². The third-order valence-corrected chi connectivity index (χ3v) is 4.34. The minimum absolute atomic E-state index is 0.112. The molecule has 1 heterocycles. The maximum Gasteiger partial charge on any atom is 0.407 e. The smallest absolute Gasteiger partial charge is 0.407 e. The number of alkyl carbamates (subject to hydrolysis) is 1. The molecule has 1 saturated heterocycles. The molecule has 24 heavy (non-hydrogen) atoms. The molecule has 7 nitrogen and oxygen atoms in total. The van der Waals surface area contributed by atoms with Gasteiger partial charge in [0.1, 0.15) is 5.60 Å². The minimum Gasteiger partial charge on any atom is -0.444 e. The second-order valence-corrected chi connectivity index (χ2v) is 7.61. The van der Waals surface area contributed by atoms with Crippen LogP contribution in [0, 0.1) is 11.8 Å². The first-order valence-electron chi connectivity index (χ1n) is 8.73. The first-order valence-corrected chi connectivity index (χ1v) is 8.73. The molecule has 0 spiro atoms. The van der Waals surface area contributed by atoms with Crippen molar-refractivity contribution in [1.29, 1.82) is 0 Å². The van der Waals surface area contributed by atoms with E-state index >= 15 is 0 Å². The third-order valence-electron chi connectivity index (χ3n) is 4.34. The van der Waals surface area contributed by atoms with Gasteiger partial charge in [-0.2, -0.15) is 5.06 Å². The molecule has 1 aliphatic carbocycles. The number of nitrogens with one attached hydrogen (secondary N) is 1. The molecular formula is C17H28N2O5. The van der Waals surface area contributed by atoms with Gasteiger partial charge in [0.05, 0.1) is 12.5 Å². The molecule has 0 aromatic heterocycles. The normalized spacial score (nSPS) is 24.6. The lowest BCUT2D eigenvalue weighted by molar-refractivity contribution is -0.197. The van der Waals surface area contributed by atoms with Gasteiger partial charge in [-0.1, -0.05) is 0 Å². The van der Waals surface area contributed by atoms with Gasteiger partial charge in [-0.3, -0.25) is 4.79 Å². The van der Waals surface area contributed by atoms with Crippen LogP contribution in [0.25, 0.3) is 0 Å². The highest BCUT2D eigenvalue weighted by molar-refractivity contribution is 5.80. The molecule has 1 aliphatic heterocycles. The number of ether oxygens (including phenoxy) is 1. The Balaban J connectivity index is 1.66. The van der Waals surface area contributed by atoms with Gasteiger partial charge >= 0.3 is 12.1 Å². The van der Waals surface area contributed by atoms with Crippen LogP contribution in [-0.4, -0.2) is 41.7 Å². The maximum atomic E-state index is 12.1. The van der Waals surface area contributed by atoms with Crippen LogP contribution in [0.1, 0.15) is 59.3 Å². The minimum atomic E-state index is -0.501. The van der Waals surface area contributed by atoms with Crippen molar-refractivity contribution >= 4 is 18.0 Å². The summed E-state index contributed by atoms with van der Waals surface area (Å²) in [6.45, 7) is 6.54. The van der Waals surface area contributed by atoms with Crippen molar-refractivity contribution < 1.29 is 24.0 Å². The van der Waals surface area contributed by atoms with Gasteiger partial charge in [0.25, 0.3) is 5.91 Å². The zero-order valence-electron chi connectivity index (χ0n) is 14.8. The number of hydroxylamine groups is 2. The van der Waals surface area contributed by atoms with Gasteiger partial charge in [-0.25, -0.2) is 9.59 Å². The summed E-state index contributed by atoms with van der Waals surface area (Å²) in [6, 6.07) is 0. The van der Waals surface area contributed by atoms with Gasteiger partial charge < -0.3 is 14.9 Å². The molecule has 1 N–H and O–H groups in total. The summed E-state index contributed by atoms with van der Waals surface area (Å²) in [6.07, 6.45) is 3.94. The van der Waals surface area contributed by atoms with E-state index in [0.29, 0.717) is 25.4 Å². The fourth-order valence-electron chi connectivity index (χ4n) is 3.05. The molecule has 0 radical (unpaired) electrons. The van der Waals surface area contributed by atoms with Gasteiger partial charge in [-0.15, -0.1) is 0 Å². The zero-order chi connectivity index (χ0) is 17.7. The largest absolute Gasteiger partial charge is 0.444 e. The summed E-state index contributed by atoms with van der Waals surface area (Å²) in [4.78, 5) is 40.5. The van der Waals surface area contributed by atoms with Crippen molar-refractivity contribution in [2.24, 2.45) is 11.8 Å². The van der Waals surface area contributed by atoms with E-state index in [1.54, 1.807) is 0 Å². The van der Waals surface area contributed by atoms with Crippen LogP contribution in [-0.2, 0) is 19.2 Å². The van der Waals surface area contributed by atoms with E-state index in [9.17, 15) is 14.4 Å². The molecule has 0 aromatic rings. The van der Waals surface area contributed by atoms with Crippen molar-refractivity contribution in [1.82, 2.24) is 10.4 Å². The average molecular weight is 340 g/mol. The number of amides is 2. The van der Waals surface area contributed by atoms with Crippen LogP contribution in [0.2, 0.25) is 0 Å². The summed E-state index contributed by atoms with van der Waals surface area (Å²) in [5.74, 6) is -0.228. The summed E-state index contributed by atoms with van der Waals surface area (Å²) < 4.78 is 5.21. The summed E-state index contributed by atoms with van der Waals surface area (Å²) in [7, 11) is 0. The molecule has 0 unspecified atom stereocenters. The standard InChI is InChI=1S/C17H28N2O5/c1-17(2,3)23-16(22)18-11-12-6-8-13(9-7-12)15(21)24-19-10-4-5-14(19)20/h12-13H,4-11H2,1-3H3,(H,18,22)/t12-,13-. The van der Waals surface area contributed by atoms with E-state index < -0.39 is 11.7 Å². The van der Waals surface area contributed by atoms with Crippen molar-refractivity contribution in [3.05, 3.63) is 0 Å². The quantitative estimate of drug-likeness (QED) is 0.849. The monoisotopic (exact) mass is 340 g/mol. The van der Waals surface area contributed by atoms with Gasteiger partial charge in [0, 0.05) is 13.0 Å². The maximum absolute atomic E-state index is 12.1. The van der Waals surface area contributed by atoms with Crippen LogP contribution in [0.5, 0.6) is 0 Å². The lowest BCUT2D eigenvalue weighted by atomic mass is 9.82. The highest BCUT2D eigenvalue weighted by Gasteiger charge is 2.31. The number of carbonyl (C=O) groups excluding carboxylic acids is 3. The van der Waals surface area contributed by atoms with E-state index in [0.717, 1.165) is 32.1 Å². The molecule has 2 fully saturated rings. The Morgan fingerprint density at radius 1 is 1.21 bits per heavy atom. The molecule has 2 rings (SSSR count).